The highest BCUT2D eigenvalue weighted by atomic mass is 32.2. The van der Waals surface area contributed by atoms with Gasteiger partial charge in [0.2, 0.25) is 11.6 Å². The first-order valence-corrected chi connectivity index (χ1v) is 11.9. The van der Waals surface area contributed by atoms with Crippen LogP contribution < -0.4 is 10.1 Å². The third-order valence-electron chi connectivity index (χ3n) is 4.63. The second-order valence-corrected chi connectivity index (χ2v) is 9.69. The summed E-state index contributed by atoms with van der Waals surface area (Å²) < 4.78 is 1.45. The number of β-lactam (4-membered cyclic amide) rings is 1. The third-order valence-corrected chi connectivity index (χ3v) is 8.00. The molecule has 2 aliphatic heterocycles. The van der Waals surface area contributed by atoms with Crippen molar-refractivity contribution in [1.29, 1.82) is 0 Å². The number of thioether (sulfide) groups is 2. The van der Waals surface area contributed by atoms with Crippen molar-refractivity contribution in [1.82, 2.24) is 35.4 Å². The van der Waals surface area contributed by atoms with E-state index in [1.165, 1.54) is 34.4 Å². The number of tetrazole rings is 1. The van der Waals surface area contributed by atoms with E-state index in [1.807, 2.05) is 0 Å². The van der Waals surface area contributed by atoms with Crippen molar-refractivity contribution in [2.24, 2.45) is 12.0 Å². The first-order chi connectivity index (χ1) is 15.8. The average molecular weight is 511 g/mol. The summed E-state index contributed by atoms with van der Waals surface area (Å²) in [6, 6.07) is -1.04. The molecule has 2 atom stereocenters. The van der Waals surface area contributed by atoms with Crippen molar-refractivity contribution in [3.05, 3.63) is 27.1 Å². The molecule has 1 saturated heterocycles. The van der Waals surface area contributed by atoms with Crippen LogP contribution in [-0.2, 0) is 26.2 Å². The van der Waals surface area contributed by atoms with Gasteiger partial charge in [-0.2, -0.15) is 4.99 Å². The molecule has 0 aromatic carbocycles. The molecular weight excluding hydrogens is 496 g/mol. The molecular formula is C16H14N8O6S3. The lowest BCUT2D eigenvalue weighted by molar-refractivity contribution is -0.150. The predicted octanol–water partition coefficient (Wildman–Crippen LogP) is -1.63. The minimum absolute atomic E-state index is 0.0109. The lowest BCUT2D eigenvalue weighted by Gasteiger charge is -2.49. The zero-order chi connectivity index (χ0) is 23.7. The summed E-state index contributed by atoms with van der Waals surface area (Å²) in [6.07, 6.45) is 1.53. The number of Topliss-reactive ketones (excluding diaryl/α,β-unsaturated/α-hetero) is 1. The first-order valence-electron chi connectivity index (χ1n) is 9.08. The molecule has 0 aliphatic carbocycles. The fraction of sp³-hybridized carbons (Fsp3) is 0.312. The van der Waals surface area contributed by atoms with Gasteiger partial charge in [-0.1, -0.05) is 23.1 Å². The van der Waals surface area contributed by atoms with Crippen molar-refractivity contribution in [3.8, 4) is 0 Å². The van der Waals surface area contributed by atoms with Gasteiger partial charge in [-0.3, -0.25) is 24.1 Å². The molecule has 1 unspecified atom stereocenters. The Hall–Kier alpha value is -3.31. The van der Waals surface area contributed by atoms with Crippen molar-refractivity contribution in [2.75, 3.05) is 11.5 Å². The van der Waals surface area contributed by atoms with Gasteiger partial charge in [0.05, 0.1) is 4.88 Å². The minimum Gasteiger partial charge on any atom is -0.477 e. The summed E-state index contributed by atoms with van der Waals surface area (Å²) in [7, 11) is 1.65. The van der Waals surface area contributed by atoms with Crippen LogP contribution in [0.25, 0.3) is 0 Å². The Labute approximate surface area is 196 Å². The number of ketones is 1. The molecule has 4 heterocycles. The Balaban J connectivity index is 1.46. The number of H-pyrrole nitrogens is 1. The van der Waals surface area contributed by atoms with E-state index in [0.717, 1.165) is 16.2 Å². The van der Waals surface area contributed by atoms with Crippen LogP contribution in [0.3, 0.4) is 0 Å². The quantitative estimate of drug-likeness (QED) is 0.121. The molecule has 0 spiro atoms. The number of hydrogen-bond acceptors (Lipinski definition) is 11. The van der Waals surface area contributed by atoms with Crippen molar-refractivity contribution >= 4 is 64.8 Å². The zero-order valence-electron chi connectivity index (χ0n) is 16.6. The number of rotatable bonds is 8. The number of thiazole rings is 1. The Bertz CT molecular complexity index is 1260. The first kappa shape index (κ1) is 22.9. The van der Waals surface area contributed by atoms with Gasteiger partial charge in [0.15, 0.2) is 4.80 Å². The largest absolute Gasteiger partial charge is 0.477 e. The molecule has 2 aromatic rings. The lowest BCUT2D eigenvalue weighted by Crippen LogP contribution is -2.71. The molecule has 0 saturated carbocycles. The van der Waals surface area contributed by atoms with Crippen LogP contribution in [0.2, 0.25) is 0 Å². The van der Waals surface area contributed by atoms with Gasteiger partial charge in [0, 0.05) is 24.8 Å². The fourth-order valence-corrected chi connectivity index (χ4v) is 6.18. The number of carbonyl (C=O) groups is 5. The summed E-state index contributed by atoms with van der Waals surface area (Å²) in [5, 5.41) is 23.0. The summed E-state index contributed by atoms with van der Waals surface area (Å²) >= 11 is 3.33. The maximum absolute atomic E-state index is 12.7. The molecule has 0 radical (unpaired) electrons. The molecule has 1 fully saturated rings. The van der Waals surface area contributed by atoms with Crippen LogP contribution >= 0.6 is 34.9 Å². The average Bonchev–Trinajstić information content (AvgIpc) is 3.43. The van der Waals surface area contributed by atoms with E-state index in [-0.39, 0.29) is 21.1 Å². The molecule has 33 heavy (non-hydrogen) atoms. The topological polar surface area (TPSA) is 193 Å². The van der Waals surface area contributed by atoms with Crippen LogP contribution in [0.1, 0.15) is 9.67 Å². The lowest BCUT2D eigenvalue weighted by atomic mass is 10.0. The van der Waals surface area contributed by atoms with E-state index in [4.69, 9.17) is 0 Å². The summed E-state index contributed by atoms with van der Waals surface area (Å²) in [4.78, 5) is 67.1. The summed E-state index contributed by atoms with van der Waals surface area (Å²) in [5.74, 6) is -3.23. The van der Waals surface area contributed by atoms with E-state index in [2.05, 4.69) is 30.8 Å². The van der Waals surface area contributed by atoms with E-state index in [1.54, 1.807) is 7.05 Å². The van der Waals surface area contributed by atoms with E-state index < -0.39 is 35.0 Å². The second kappa shape index (κ2) is 9.28. The molecule has 0 bridgehead atoms. The molecule has 2 aromatic heterocycles. The van der Waals surface area contributed by atoms with E-state index >= 15 is 0 Å². The number of nitrogens with zero attached hydrogens (tertiary/aromatic N) is 6. The van der Waals surface area contributed by atoms with Crippen molar-refractivity contribution in [3.63, 3.8) is 0 Å². The normalized spacial score (nSPS) is 20.3. The monoisotopic (exact) mass is 510 g/mol. The smallest absolute Gasteiger partial charge is 0.352 e. The molecule has 172 valence electrons. The van der Waals surface area contributed by atoms with Crippen LogP contribution in [0.4, 0.5) is 0 Å². The van der Waals surface area contributed by atoms with Gasteiger partial charge in [-0.15, -0.1) is 16.9 Å². The second-order valence-electron chi connectivity index (χ2n) is 6.62. The Morgan fingerprint density at radius 3 is 2.91 bits per heavy atom. The van der Waals surface area contributed by atoms with Crippen LogP contribution in [0.5, 0.6) is 0 Å². The number of nitrogens with one attached hydrogen (secondary N) is 2. The van der Waals surface area contributed by atoms with Gasteiger partial charge in [0.1, 0.15) is 17.1 Å². The highest BCUT2D eigenvalue weighted by Gasteiger charge is 2.54. The zero-order valence-corrected chi connectivity index (χ0v) is 19.1. The highest BCUT2D eigenvalue weighted by molar-refractivity contribution is 8.01. The number of amides is 3. The van der Waals surface area contributed by atoms with Gasteiger partial charge in [0.25, 0.3) is 17.6 Å². The number of aliphatic carboxylic acids is 1. The third kappa shape index (κ3) is 4.33. The molecule has 3 N–H and O–H groups in total. The number of carboxylic acid groups (broad SMARTS) is 1. The number of hydrogen-bond donors (Lipinski definition) is 3. The van der Waals surface area contributed by atoms with Crippen LogP contribution in [0, 0.1) is 0 Å². The van der Waals surface area contributed by atoms with Gasteiger partial charge >= 0.3 is 5.97 Å². The molecule has 4 rings (SSSR count). The molecule has 3 amide bonds. The highest BCUT2D eigenvalue weighted by Crippen LogP contribution is 2.41. The molecule has 17 heteroatoms. The number of fused-ring (bicyclic) bond motifs is 1. The maximum atomic E-state index is 12.7. The molecule has 2 aliphatic rings. The minimum atomic E-state index is -1.26. The van der Waals surface area contributed by atoms with Crippen LogP contribution in [-0.4, -0.2) is 88.1 Å². The van der Waals surface area contributed by atoms with Gasteiger partial charge < -0.3 is 15.4 Å². The Kier molecular flexibility index (Phi) is 6.43. The SMILES string of the molecule is Cn1nnnc1SCC1=C(C(=O)O)N2C(=O)C(NC(=O)C(=O)c3c[nH]c(=NC=O)s3)[C@@H]2SC1. The summed E-state index contributed by atoms with van der Waals surface area (Å²) in [6.45, 7) is 0. The molecule has 14 nitrogen and oxygen atoms in total. The Morgan fingerprint density at radius 2 is 2.24 bits per heavy atom. The number of aromatic amines is 1. The van der Waals surface area contributed by atoms with E-state index in [9.17, 15) is 29.1 Å². The van der Waals surface area contributed by atoms with Crippen LogP contribution in [0.15, 0.2) is 27.6 Å². The number of carboxylic acids is 1. The van der Waals surface area contributed by atoms with E-state index in [0.29, 0.717) is 22.9 Å². The van der Waals surface area contributed by atoms with Crippen molar-refractivity contribution in [2.45, 2.75) is 16.6 Å². The summed E-state index contributed by atoms with van der Waals surface area (Å²) in [5.41, 5.74) is 0.378. The standard InChI is InChI=1S/C16H14N8O6S3/c1-23-16(20-21-22-23)32-4-6-3-31-13-8(12(28)24(13)9(6)14(29)30)19-11(27)10(26)7-2-17-15(33-7)18-5-25/h2,5,8,13H,3-4H2,1H3,(H,19,27)(H,29,30)(H,17,18,25)/t8?,13-/m0/s1. The Morgan fingerprint density at radius 1 is 1.45 bits per heavy atom. The predicted molar refractivity (Wildman–Crippen MR) is 114 cm³/mol. The van der Waals surface area contributed by atoms with Crippen molar-refractivity contribution < 1.29 is 29.1 Å². The number of aromatic nitrogens is 5. The fourth-order valence-electron chi connectivity index (χ4n) is 3.12. The maximum Gasteiger partial charge on any atom is 0.352 e. The van der Waals surface area contributed by atoms with Gasteiger partial charge in [-0.25, -0.2) is 9.48 Å². The number of aryl methyl sites for hydroxylation is 1. The number of carbonyl (C=O) groups excluding carboxylic acids is 4. The van der Waals surface area contributed by atoms with Gasteiger partial charge in [-0.05, 0) is 16.0 Å².